The fraction of sp³-hybridized carbons (Fsp3) is 0. The molecule has 23 aromatic rings. The maximum absolute atomic E-state index is 5.93. The lowest BCUT2D eigenvalue weighted by Crippen LogP contribution is -1.86. The van der Waals surface area contributed by atoms with Gasteiger partial charge in [0.15, 0.2) is 0 Å². The van der Waals surface area contributed by atoms with Gasteiger partial charge in [-0.3, -0.25) is 4.98 Å². The number of hydrogen-bond donors (Lipinski definition) is 0. The van der Waals surface area contributed by atoms with Gasteiger partial charge in [0.25, 0.3) is 0 Å². The van der Waals surface area contributed by atoms with Gasteiger partial charge in [-0.1, -0.05) is 249 Å². The Morgan fingerprint density at radius 3 is 0.867 bits per heavy atom. The highest BCUT2D eigenvalue weighted by Gasteiger charge is 2.18. The monoisotopic (exact) mass is 1350 g/mol. The second-order valence-corrected chi connectivity index (χ2v) is 28.3. The number of benzene rings is 17. The van der Waals surface area contributed by atoms with Crippen LogP contribution in [0.25, 0.3) is 217 Å². The molecule has 0 saturated heterocycles. The molecule has 23 rings (SSSR count). The van der Waals surface area contributed by atoms with Gasteiger partial charge in [-0.25, -0.2) is 9.97 Å². The number of rotatable bonds is 5. The predicted molar refractivity (Wildman–Crippen MR) is 445 cm³/mol. The number of aromatic nitrogens is 3. The Bertz CT molecular complexity index is 7090. The molecule has 0 atom stereocenters. The third kappa shape index (κ3) is 10.2. The zero-order valence-electron chi connectivity index (χ0n) is 56.6. The zero-order chi connectivity index (χ0) is 69.1. The van der Waals surface area contributed by atoms with Crippen LogP contribution in [0.5, 0.6) is 0 Å². The fourth-order valence-corrected chi connectivity index (χ4v) is 17.4. The molecule has 0 spiro atoms. The van der Waals surface area contributed by atoms with E-state index >= 15 is 0 Å². The average Bonchev–Trinajstić information content (AvgIpc) is 1.61. The molecule has 0 aliphatic heterocycles. The lowest BCUT2D eigenvalue weighted by Gasteiger charge is -2.12. The summed E-state index contributed by atoms with van der Waals surface area (Å²) in [5.74, 6) is 0. The van der Waals surface area contributed by atoms with Crippen LogP contribution >= 0.6 is 11.3 Å². The lowest BCUT2D eigenvalue weighted by molar-refractivity contribution is 0.653. The van der Waals surface area contributed by atoms with Crippen molar-refractivity contribution < 1.29 is 8.83 Å². The Labute approximate surface area is 606 Å². The van der Waals surface area contributed by atoms with Crippen LogP contribution in [0.3, 0.4) is 0 Å². The van der Waals surface area contributed by atoms with Crippen molar-refractivity contribution in [3.8, 4) is 55.8 Å². The summed E-state index contributed by atoms with van der Waals surface area (Å²) >= 11 is 1.81. The molecule has 0 bridgehead atoms. The van der Waals surface area contributed by atoms with Gasteiger partial charge in [-0.05, 0) is 232 Å². The van der Waals surface area contributed by atoms with Crippen molar-refractivity contribution in [1.82, 2.24) is 15.0 Å². The molecule has 0 amide bonds. The van der Waals surface area contributed by atoms with E-state index in [-0.39, 0.29) is 0 Å². The summed E-state index contributed by atoms with van der Waals surface area (Å²) in [4.78, 5) is 13.6. The highest BCUT2D eigenvalue weighted by atomic mass is 32.1. The molecule has 0 saturated carbocycles. The van der Waals surface area contributed by atoms with E-state index in [9.17, 15) is 0 Å². The van der Waals surface area contributed by atoms with Crippen LogP contribution in [0.4, 0.5) is 0 Å². The lowest BCUT2D eigenvalue weighted by atomic mass is 9.91. The minimum atomic E-state index is 0.680. The maximum Gasteiger partial charge on any atom is 0.227 e. The predicted octanol–water partition coefficient (Wildman–Crippen LogP) is 28.1. The minimum Gasteiger partial charge on any atom is -0.438 e. The number of hydrogen-bond acceptors (Lipinski definition) is 6. The number of thiophene rings is 1. The Kier molecular flexibility index (Phi) is 14.1. The first-order valence-corrected chi connectivity index (χ1v) is 36.4. The molecule has 17 aromatic carbocycles. The second-order valence-electron chi connectivity index (χ2n) is 27.2. The molecule has 0 aliphatic carbocycles. The van der Waals surface area contributed by atoms with Gasteiger partial charge in [0, 0.05) is 61.2 Å². The third-order valence-corrected chi connectivity index (χ3v) is 22.5. The molecule has 0 N–H and O–H groups in total. The van der Waals surface area contributed by atoms with Crippen molar-refractivity contribution in [3.63, 3.8) is 0 Å². The number of nitrogens with zero attached hydrogens (tertiary/aromatic N) is 3. The summed E-state index contributed by atoms with van der Waals surface area (Å²) in [6.07, 6.45) is 5.56. The van der Waals surface area contributed by atoms with Crippen LogP contribution in [-0.2, 0) is 0 Å². The van der Waals surface area contributed by atoms with Crippen LogP contribution in [0.1, 0.15) is 0 Å². The molecule has 5 nitrogen and oxygen atoms in total. The van der Waals surface area contributed by atoms with E-state index in [0.29, 0.717) is 11.4 Å². The van der Waals surface area contributed by atoms with Gasteiger partial charge in [-0.15, -0.1) is 11.3 Å². The summed E-state index contributed by atoms with van der Waals surface area (Å²) in [5, 5.41) is 30.2. The van der Waals surface area contributed by atoms with Gasteiger partial charge in [-0.2, -0.15) is 0 Å². The molecular weight excluding hydrogens is 1300 g/mol. The van der Waals surface area contributed by atoms with Crippen molar-refractivity contribution in [2.45, 2.75) is 0 Å². The van der Waals surface area contributed by atoms with Gasteiger partial charge >= 0.3 is 0 Å². The van der Waals surface area contributed by atoms with Crippen molar-refractivity contribution >= 4 is 173 Å². The quantitative estimate of drug-likeness (QED) is 0.161. The second kappa shape index (κ2) is 24.6. The summed E-state index contributed by atoms with van der Waals surface area (Å²) in [6.45, 7) is 0. The normalized spacial score (nSPS) is 11.8. The van der Waals surface area contributed by atoms with Crippen molar-refractivity contribution in [1.29, 1.82) is 0 Å². The minimum absolute atomic E-state index is 0.680. The molecule has 6 aromatic heterocycles. The Morgan fingerprint density at radius 2 is 0.476 bits per heavy atom. The highest BCUT2D eigenvalue weighted by molar-refractivity contribution is 7.25. The fourth-order valence-electron chi connectivity index (χ4n) is 16.4. The first-order valence-electron chi connectivity index (χ1n) is 35.6. The molecule has 6 heterocycles. The third-order valence-electron chi connectivity index (χ3n) is 21.3. The average molecular weight is 1350 g/mol. The topological polar surface area (TPSA) is 65.0 Å². The summed E-state index contributed by atoms with van der Waals surface area (Å²) in [7, 11) is 0. The van der Waals surface area contributed by atoms with Crippen LogP contribution in [0.2, 0.25) is 0 Å². The van der Waals surface area contributed by atoms with Crippen LogP contribution < -0.4 is 0 Å². The standard InChI is InChI=1S/C35H21NO.C35H21NS.C29H17NO/c1-2-11-28-26(9-1)27-10-3-4-12-29(27)32-20-24(14-16-30(28)32)22-7-5-8-23(19-22)25-15-17-34-33(21-25)31-13-6-18-36-35(31)37-34;1-2-12-27-25(10-1)26-11-3-4-13-28(26)31-19-23(16-17-29(27)31)22-8-7-9-24(18-22)33-20-32-30-14-5-6-15-34(30)37-35(32)21-36-33;1-2-8-22-20(6-1)21-7-3-4-9-23(21)26-16-18(11-13-24(22)26)19-12-14-28-27(17-19)25-10-5-15-30-29(25)31-28/h2*1-21H;1-17H. The number of furan rings is 2. The number of fused-ring (bicyclic) bond motifs is 27. The highest BCUT2D eigenvalue weighted by Crippen LogP contribution is 2.44. The van der Waals surface area contributed by atoms with Crippen LogP contribution in [0, 0.1) is 0 Å². The van der Waals surface area contributed by atoms with Crippen molar-refractivity contribution in [2.24, 2.45) is 0 Å². The Morgan fingerprint density at radius 1 is 0.181 bits per heavy atom. The number of pyridine rings is 3. The van der Waals surface area contributed by atoms with E-state index in [1.54, 1.807) is 23.7 Å². The summed E-state index contributed by atoms with van der Waals surface area (Å²) < 4.78 is 14.4. The molecule has 0 fully saturated rings. The molecule has 0 aliphatic rings. The molecule has 0 radical (unpaired) electrons. The molecular formula is C99H59N3O2S. The Balaban J connectivity index is 0.000000102. The van der Waals surface area contributed by atoms with E-state index in [2.05, 4.69) is 331 Å². The van der Waals surface area contributed by atoms with E-state index in [1.165, 1.54) is 156 Å². The van der Waals surface area contributed by atoms with E-state index in [0.717, 1.165) is 49.5 Å². The zero-order valence-corrected chi connectivity index (χ0v) is 57.4. The first-order chi connectivity index (χ1) is 52.0. The summed E-state index contributed by atoms with van der Waals surface area (Å²) in [5.41, 5.74) is 14.8. The molecule has 0 unspecified atom stereocenters. The largest absolute Gasteiger partial charge is 0.438 e. The van der Waals surface area contributed by atoms with Gasteiger partial charge in [0.1, 0.15) is 11.2 Å². The van der Waals surface area contributed by atoms with E-state index in [4.69, 9.17) is 13.8 Å². The SMILES string of the molecule is c1cc(-c2ccc3c4ccccc4c4ccccc4c3c2)cc(-c2cc3c(cn2)sc2ccccc23)c1.c1cc(-c2ccc3oc4ncccc4c3c2)cc(-c2ccc3c4ccccc4c4ccccc4c3c2)c1.c1cnc2oc3ccc(-c4ccc5c6ccccc6c6ccccc6c5c4)cc3c2c1. The van der Waals surface area contributed by atoms with Gasteiger partial charge < -0.3 is 8.83 Å². The van der Waals surface area contributed by atoms with E-state index < -0.39 is 0 Å². The van der Waals surface area contributed by atoms with Crippen LogP contribution in [-0.4, -0.2) is 15.0 Å². The van der Waals surface area contributed by atoms with Crippen molar-refractivity contribution in [3.05, 3.63) is 358 Å². The van der Waals surface area contributed by atoms with Crippen LogP contribution in [0.15, 0.2) is 367 Å². The maximum atomic E-state index is 5.93. The van der Waals surface area contributed by atoms with Crippen molar-refractivity contribution in [2.75, 3.05) is 0 Å². The first kappa shape index (κ1) is 60.1. The summed E-state index contributed by atoms with van der Waals surface area (Å²) in [6, 6.07) is 122. The smallest absolute Gasteiger partial charge is 0.227 e. The van der Waals surface area contributed by atoms with Gasteiger partial charge in [0.2, 0.25) is 11.4 Å². The molecule has 105 heavy (non-hydrogen) atoms. The molecule has 6 heteroatoms. The molecule has 488 valence electrons. The Hall–Kier alpha value is -13.7. The van der Waals surface area contributed by atoms with E-state index in [1.807, 2.05) is 24.4 Å². The van der Waals surface area contributed by atoms with Gasteiger partial charge in [0.05, 0.1) is 10.4 Å².